The molecule has 2 N–H and O–H groups in total. The number of benzene rings is 2. The van der Waals surface area contributed by atoms with E-state index in [1.54, 1.807) is 17.3 Å². The number of phenols is 1. The van der Waals surface area contributed by atoms with Gasteiger partial charge in [0.05, 0.1) is 5.52 Å². The van der Waals surface area contributed by atoms with Crippen LogP contribution in [0.5, 0.6) is 5.75 Å². The number of nitrogens with zero attached hydrogens (tertiary/aromatic N) is 4. The lowest BCUT2D eigenvalue weighted by Gasteiger charge is -2.35. The molecule has 186 valence electrons. The van der Waals surface area contributed by atoms with Crippen molar-refractivity contribution in [2.45, 2.75) is 45.8 Å². The molecule has 0 unspecified atom stereocenters. The number of carbonyl (C=O) groups excluding carboxylic acids is 1. The standard InChI is InChI=1S/C27H35N5O3/c1-27(2,3)35-26(34)32-16-14-31(15-17-32)18-22-23(33)12-11-21-24(22)29-19-30-25(21)28-13-7-10-20-8-5-4-6-9-20/h4-6,8-9,11-12,19,33H,7,10,13-18H2,1-3H3,(H,28,29,30). The molecule has 1 aliphatic heterocycles. The number of ether oxygens (including phenoxy) is 1. The van der Waals surface area contributed by atoms with Gasteiger partial charge in [-0.1, -0.05) is 30.3 Å². The Balaban J connectivity index is 1.39. The number of amides is 1. The lowest BCUT2D eigenvalue weighted by molar-refractivity contribution is 0.0138. The Bertz CT molecular complexity index is 1140. The Morgan fingerprint density at radius 1 is 1.06 bits per heavy atom. The number of aromatic hydroxyl groups is 1. The molecule has 0 saturated carbocycles. The molecule has 1 fully saturated rings. The number of fused-ring (bicyclic) bond motifs is 1. The first-order valence-corrected chi connectivity index (χ1v) is 12.2. The SMILES string of the molecule is CC(C)(C)OC(=O)N1CCN(Cc2c(O)ccc3c(NCCCc4ccccc4)ncnc23)CC1. The van der Waals surface area contributed by atoms with E-state index >= 15 is 0 Å². The largest absolute Gasteiger partial charge is 0.508 e. The Kier molecular flexibility index (Phi) is 7.70. The van der Waals surface area contributed by atoms with Crippen molar-refractivity contribution >= 4 is 22.8 Å². The molecule has 0 radical (unpaired) electrons. The van der Waals surface area contributed by atoms with E-state index in [0.29, 0.717) is 32.7 Å². The zero-order valence-electron chi connectivity index (χ0n) is 20.8. The van der Waals surface area contributed by atoms with Gasteiger partial charge in [0.2, 0.25) is 0 Å². The maximum atomic E-state index is 12.4. The maximum Gasteiger partial charge on any atom is 0.410 e. The molecule has 2 heterocycles. The number of rotatable bonds is 7. The zero-order chi connectivity index (χ0) is 24.8. The summed E-state index contributed by atoms with van der Waals surface area (Å²) >= 11 is 0. The summed E-state index contributed by atoms with van der Waals surface area (Å²) in [5.74, 6) is 1.000. The molecule has 8 nitrogen and oxygen atoms in total. The first-order valence-electron chi connectivity index (χ1n) is 12.2. The highest BCUT2D eigenvalue weighted by molar-refractivity contribution is 5.92. The van der Waals surface area contributed by atoms with E-state index in [4.69, 9.17) is 4.74 Å². The number of phenolic OH excluding ortho intramolecular Hbond substituents is 1. The molecule has 0 atom stereocenters. The summed E-state index contributed by atoms with van der Waals surface area (Å²) in [5, 5.41) is 15.0. The number of nitrogens with one attached hydrogen (secondary N) is 1. The van der Waals surface area contributed by atoms with Crippen molar-refractivity contribution in [1.82, 2.24) is 19.8 Å². The van der Waals surface area contributed by atoms with Crippen LogP contribution in [0, 0.1) is 0 Å². The van der Waals surface area contributed by atoms with Crippen LogP contribution in [0.1, 0.15) is 38.3 Å². The third kappa shape index (κ3) is 6.60. The molecule has 2 aromatic carbocycles. The summed E-state index contributed by atoms with van der Waals surface area (Å²) in [5.41, 5.74) is 2.35. The smallest absolute Gasteiger partial charge is 0.410 e. The molecule has 3 aromatic rings. The number of piperazine rings is 1. The van der Waals surface area contributed by atoms with E-state index in [0.717, 1.165) is 41.7 Å². The Labute approximate surface area is 206 Å². The van der Waals surface area contributed by atoms with Crippen molar-refractivity contribution in [3.63, 3.8) is 0 Å². The van der Waals surface area contributed by atoms with Crippen molar-refractivity contribution in [2.24, 2.45) is 0 Å². The molecule has 0 aliphatic carbocycles. The average Bonchev–Trinajstić information content (AvgIpc) is 2.83. The minimum Gasteiger partial charge on any atom is -0.508 e. The molecule has 4 rings (SSSR count). The van der Waals surface area contributed by atoms with Gasteiger partial charge in [0, 0.05) is 50.2 Å². The molecule has 1 saturated heterocycles. The van der Waals surface area contributed by atoms with Crippen LogP contribution in [0.2, 0.25) is 0 Å². The van der Waals surface area contributed by atoms with Gasteiger partial charge >= 0.3 is 6.09 Å². The fraction of sp³-hybridized carbons (Fsp3) is 0.444. The van der Waals surface area contributed by atoms with Crippen LogP contribution in [0.15, 0.2) is 48.8 Å². The zero-order valence-corrected chi connectivity index (χ0v) is 20.8. The second kappa shape index (κ2) is 10.9. The van der Waals surface area contributed by atoms with Gasteiger partial charge in [0.1, 0.15) is 23.5 Å². The third-order valence-electron chi connectivity index (χ3n) is 6.07. The number of anilines is 1. The number of hydrogen-bond donors (Lipinski definition) is 2. The third-order valence-corrected chi connectivity index (χ3v) is 6.07. The van der Waals surface area contributed by atoms with Crippen molar-refractivity contribution < 1.29 is 14.6 Å². The predicted octanol–water partition coefficient (Wildman–Crippen LogP) is 4.43. The van der Waals surface area contributed by atoms with Crippen LogP contribution in [0.3, 0.4) is 0 Å². The summed E-state index contributed by atoms with van der Waals surface area (Å²) in [6.45, 7) is 9.54. The van der Waals surface area contributed by atoms with Gasteiger partial charge in [-0.15, -0.1) is 0 Å². The van der Waals surface area contributed by atoms with E-state index in [1.807, 2.05) is 32.9 Å². The fourth-order valence-electron chi connectivity index (χ4n) is 4.26. The van der Waals surface area contributed by atoms with Crippen LogP contribution in [0.4, 0.5) is 10.6 Å². The molecule has 1 aromatic heterocycles. The van der Waals surface area contributed by atoms with Gasteiger partial charge in [-0.3, -0.25) is 4.90 Å². The van der Waals surface area contributed by atoms with E-state index in [2.05, 4.69) is 44.5 Å². The molecular weight excluding hydrogens is 442 g/mol. The van der Waals surface area contributed by atoms with E-state index in [1.165, 1.54) is 5.56 Å². The normalized spacial score (nSPS) is 14.8. The van der Waals surface area contributed by atoms with Crippen molar-refractivity contribution in [3.05, 3.63) is 59.9 Å². The molecule has 1 amide bonds. The van der Waals surface area contributed by atoms with Gasteiger partial charge < -0.3 is 20.1 Å². The van der Waals surface area contributed by atoms with E-state index < -0.39 is 5.60 Å². The van der Waals surface area contributed by atoms with Gasteiger partial charge in [0.15, 0.2) is 0 Å². The first kappa shape index (κ1) is 24.7. The van der Waals surface area contributed by atoms with Crippen LogP contribution in [0.25, 0.3) is 10.9 Å². The lowest BCUT2D eigenvalue weighted by Crippen LogP contribution is -2.49. The highest BCUT2D eigenvalue weighted by atomic mass is 16.6. The summed E-state index contributed by atoms with van der Waals surface area (Å²) in [6.07, 6.45) is 3.26. The second-order valence-electron chi connectivity index (χ2n) is 9.94. The van der Waals surface area contributed by atoms with E-state index in [9.17, 15) is 9.90 Å². The van der Waals surface area contributed by atoms with Gasteiger partial charge in [-0.05, 0) is 51.3 Å². The molecular formula is C27H35N5O3. The fourth-order valence-corrected chi connectivity index (χ4v) is 4.26. The van der Waals surface area contributed by atoms with Crippen LogP contribution in [-0.2, 0) is 17.7 Å². The molecule has 8 heteroatoms. The minimum atomic E-state index is -0.504. The molecule has 1 aliphatic rings. The summed E-state index contributed by atoms with van der Waals surface area (Å²) in [7, 11) is 0. The molecule has 0 spiro atoms. The van der Waals surface area contributed by atoms with Crippen LogP contribution in [-0.4, -0.2) is 69.3 Å². The van der Waals surface area contributed by atoms with Crippen molar-refractivity contribution in [1.29, 1.82) is 0 Å². The van der Waals surface area contributed by atoms with Gasteiger partial charge in [0.25, 0.3) is 0 Å². The minimum absolute atomic E-state index is 0.223. The second-order valence-corrected chi connectivity index (χ2v) is 9.94. The number of aryl methyl sites for hydroxylation is 1. The highest BCUT2D eigenvalue weighted by Crippen LogP contribution is 2.30. The van der Waals surface area contributed by atoms with Crippen molar-refractivity contribution in [2.75, 3.05) is 38.0 Å². The number of aromatic nitrogens is 2. The number of carbonyl (C=O) groups is 1. The number of hydrogen-bond acceptors (Lipinski definition) is 7. The van der Waals surface area contributed by atoms with Crippen molar-refractivity contribution in [3.8, 4) is 5.75 Å². The van der Waals surface area contributed by atoms with Gasteiger partial charge in [-0.25, -0.2) is 14.8 Å². The Hall–Kier alpha value is -3.39. The molecule has 0 bridgehead atoms. The first-order chi connectivity index (χ1) is 16.8. The van der Waals surface area contributed by atoms with Crippen LogP contribution >= 0.6 is 0 Å². The average molecular weight is 478 g/mol. The monoisotopic (exact) mass is 477 g/mol. The quantitative estimate of drug-likeness (QED) is 0.487. The summed E-state index contributed by atoms with van der Waals surface area (Å²) in [4.78, 5) is 25.3. The predicted molar refractivity (Wildman–Crippen MR) is 138 cm³/mol. The summed E-state index contributed by atoms with van der Waals surface area (Å²) < 4.78 is 5.49. The Morgan fingerprint density at radius 3 is 2.51 bits per heavy atom. The topological polar surface area (TPSA) is 90.8 Å². The lowest BCUT2D eigenvalue weighted by atomic mass is 10.1. The maximum absolute atomic E-state index is 12.4. The Morgan fingerprint density at radius 2 is 1.80 bits per heavy atom. The molecule has 35 heavy (non-hydrogen) atoms. The highest BCUT2D eigenvalue weighted by Gasteiger charge is 2.26. The summed E-state index contributed by atoms with van der Waals surface area (Å²) in [6, 6.07) is 14.0. The van der Waals surface area contributed by atoms with Crippen LogP contribution < -0.4 is 5.32 Å². The van der Waals surface area contributed by atoms with E-state index in [-0.39, 0.29) is 11.8 Å². The van der Waals surface area contributed by atoms with Gasteiger partial charge in [-0.2, -0.15) is 0 Å².